The van der Waals surface area contributed by atoms with Crippen LogP contribution in [0, 0.1) is 21.7 Å². The van der Waals surface area contributed by atoms with E-state index in [4.69, 9.17) is 9.84 Å². The van der Waals surface area contributed by atoms with Crippen molar-refractivity contribution >= 4 is 11.8 Å². The summed E-state index contributed by atoms with van der Waals surface area (Å²) in [6.45, 7) is -0.339. The van der Waals surface area contributed by atoms with Crippen molar-refractivity contribution in [3.63, 3.8) is 0 Å². The summed E-state index contributed by atoms with van der Waals surface area (Å²) in [4.78, 5) is 20.7. The maximum absolute atomic E-state index is 13.5. The fraction of sp³-hybridized carbons (Fsp3) is 0.0714. The van der Waals surface area contributed by atoms with E-state index in [0.717, 1.165) is 24.3 Å². The highest BCUT2D eigenvalue weighted by atomic mass is 19.1. The quantitative estimate of drug-likeness (QED) is 0.648. The predicted molar refractivity (Wildman–Crippen MR) is 74.4 cm³/mol. The molecular formula is C14H10F2N2O5. The molecule has 0 saturated heterocycles. The summed E-state index contributed by atoms with van der Waals surface area (Å²) in [7, 11) is 0. The smallest absolute Gasteiger partial charge is 0.404 e. The van der Waals surface area contributed by atoms with Gasteiger partial charge in [0.15, 0.2) is 11.6 Å². The molecule has 0 unspecified atom stereocenters. The van der Waals surface area contributed by atoms with Crippen molar-refractivity contribution < 1.29 is 28.3 Å². The van der Waals surface area contributed by atoms with Crippen LogP contribution in [0.5, 0.6) is 11.5 Å². The lowest BCUT2D eigenvalue weighted by molar-refractivity contribution is -0.385. The van der Waals surface area contributed by atoms with Crippen molar-refractivity contribution in [1.82, 2.24) is 5.32 Å². The number of amides is 1. The Kier molecular flexibility index (Phi) is 4.69. The van der Waals surface area contributed by atoms with Gasteiger partial charge in [-0.1, -0.05) is 0 Å². The Hall–Kier alpha value is -3.23. The van der Waals surface area contributed by atoms with Gasteiger partial charge in [0.05, 0.1) is 17.0 Å². The number of rotatable bonds is 5. The molecule has 23 heavy (non-hydrogen) atoms. The summed E-state index contributed by atoms with van der Waals surface area (Å²) in [6, 6.07) is 6.09. The van der Waals surface area contributed by atoms with Crippen molar-refractivity contribution in [3.8, 4) is 11.5 Å². The molecule has 7 nitrogen and oxygen atoms in total. The topological polar surface area (TPSA) is 102 Å². The van der Waals surface area contributed by atoms with E-state index in [1.165, 1.54) is 12.1 Å². The molecule has 2 rings (SSSR count). The third-order valence-electron chi connectivity index (χ3n) is 2.80. The number of carboxylic acid groups (broad SMARTS) is 1. The molecule has 0 aliphatic rings. The number of hydrogen-bond acceptors (Lipinski definition) is 4. The van der Waals surface area contributed by atoms with E-state index < -0.39 is 28.4 Å². The summed E-state index contributed by atoms with van der Waals surface area (Å²) < 4.78 is 31.8. The summed E-state index contributed by atoms with van der Waals surface area (Å²) in [5, 5.41) is 21.5. The molecule has 0 aliphatic carbocycles. The Morgan fingerprint density at radius 2 is 2.00 bits per heavy atom. The van der Waals surface area contributed by atoms with Crippen molar-refractivity contribution in [2.24, 2.45) is 0 Å². The third-order valence-corrected chi connectivity index (χ3v) is 2.80. The zero-order chi connectivity index (χ0) is 17.0. The molecular weight excluding hydrogens is 314 g/mol. The van der Waals surface area contributed by atoms with Gasteiger partial charge in [-0.3, -0.25) is 10.1 Å². The lowest BCUT2D eigenvalue weighted by Gasteiger charge is -2.09. The number of ether oxygens (including phenoxy) is 1. The highest BCUT2D eigenvalue weighted by Gasteiger charge is 2.16. The van der Waals surface area contributed by atoms with E-state index in [-0.39, 0.29) is 23.5 Å². The average molecular weight is 324 g/mol. The highest BCUT2D eigenvalue weighted by molar-refractivity contribution is 5.64. The molecule has 0 heterocycles. The molecule has 0 atom stereocenters. The van der Waals surface area contributed by atoms with Crippen LogP contribution in [0.3, 0.4) is 0 Å². The number of benzene rings is 2. The number of nitrogens with zero attached hydrogens (tertiary/aromatic N) is 1. The van der Waals surface area contributed by atoms with Gasteiger partial charge in [0.1, 0.15) is 11.6 Å². The van der Waals surface area contributed by atoms with Crippen LogP contribution in [0.15, 0.2) is 36.4 Å². The minimum absolute atomic E-state index is 0.00212. The highest BCUT2D eigenvalue weighted by Crippen LogP contribution is 2.29. The minimum atomic E-state index is -1.36. The first kappa shape index (κ1) is 16.1. The molecule has 0 spiro atoms. The predicted octanol–water partition coefficient (Wildman–Crippen LogP) is 3.43. The lowest BCUT2D eigenvalue weighted by atomic mass is 10.1. The maximum atomic E-state index is 13.5. The van der Waals surface area contributed by atoms with E-state index in [1.807, 2.05) is 5.32 Å². The molecule has 120 valence electrons. The Morgan fingerprint density at radius 1 is 1.26 bits per heavy atom. The van der Waals surface area contributed by atoms with Crippen molar-refractivity contribution in [2.75, 3.05) is 0 Å². The van der Waals surface area contributed by atoms with Crippen LogP contribution in [0.2, 0.25) is 0 Å². The summed E-state index contributed by atoms with van der Waals surface area (Å²) in [6.07, 6.45) is -1.36. The van der Waals surface area contributed by atoms with Gasteiger partial charge in [-0.05, 0) is 24.3 Å². The Labute approximate surface area is 128 Å². The van der Waals surface area contributed by atoms with Gasteiger partial charge in [0.25, 0.3) is 5.69 Å². The van der Waals surface area contributed by atoms with Crippen molar-refractivity contribution in [2.45, 2.75) is 6.54 Å². The molecule has 2 aromatic carbocycles. The number of carbonyl (C=O) groups is 1. The standard InChI is InChI=1S/C14H10F2N2O5/c15-9-1-3-11(16)13(6-9)23-10-2-4-12(18(21)22)8(5-10)7-17-14(19)20/h1-6,17H,7H2,(H,19,20). The van der Waals surface area contributed by atoms with Crippen molar-refractivity contribution in [3.05, 3.63) is 63.7 Å². The van der Waals surface area contributed by atoms with Gasteiger partial charge in [-0.15, -0.1) is 0 Å². The van der Waals surface area contributed by atoms with E-state index in [0.29, 0.717) is 0 Å². The summed E-state index contributed by atoms with van der Waals surface area (Å²) >= 11 is 0. The number of nitro benzene ring substituents is 1. The first-order chi connectivity index (χ1) is 10.9. The van der Waals surface area contributed by atoms with Crippen LogP contribution < -0.4 is 10.1 Å². The second kappa shape index (κ2) is 6.69. The van der Waals surface area contributed by atoms with Gasteiger partial charge < -0.3 is 15.2 Å². The monoisotopic (exact) mass is 324 g/mol. The maximum Gasteiger partial charge on any atom is 0.404 e. The molecule has 0 aromatic heterocycles. The Bertz CT molecular complexity index is 767. The number of nitrogens with one attached hydrogen (secondary N) is 1. The van der Waals surface area contributed by atoms with Gasteiger partial charge in [0, 0.05) is 12.1 Å². The van der Waals surface area contributed by atoms with Crippen LogP contribution in [-0.4, -0.2) is 16.1 Å². The largest absolute Gasteiger partial charge is 0.465 e. The van der Waals surface area contributed by atoms with E-state index >= 15 is 0 Å². The lowest BCUT2D eigenvalue weighted by Crippen LogP contribution is -2.20. The van der Waals surface area contributed by atoms with E-state index in [1.54, 1.807) is 0 Å². The fourth-order valence-corrected chi connectivity index (χ4v) is 1.80. The van der Waals surface area contributed by atoms with Crippen LogP contribution in [0.4, 0.5) is 19.3 Å². The zero-order valence-electron chi connectivity index (χ0n) is 11.5. The van der Waals surface area contributed by atoms with Gasteiger partial charge in [0.2, 0.25) is 0 Å². The molecule has 9 heteroatoms. The normalized spacial score (nSPS) is 10.2. The number of hydrogen-bond donors (Lipinski definition) is 2. The number of halogens is 2. The zero-order valence-corrected chi connectivity index (χ0v) is 11.5. The average Bonchev–Trinajstić information content (AvgIpc) is 2.48. The van der Waals surface area contributed by atoms with Crippen LogP contribution in [0.25, 0.3) is 0 Å². The van der Waals surface area contributed by atoms with Crippen molar-refractivity contribution in [1.29, 1.82) is 0 Å². The van der Waals surface area contributed by atoms with Crippen LogP contribution in [-0.2, 0) is 6.54 Å². The molecule has 0 saturated carbocycles. The fourth-order valence-electron chi connectivity index (χ4n) is 1.80. The summed E-state index contributed by atoms with van der Waals surface area (Å²) in [5.74, 6) is -1.91. The molecule has 2 N–H and O–H groups in total. The second-order valence-electron chi connectivity index (χ2n) is 4.38. The Morgan fingerprint density at radius 3 is 2.65 bits per heavy atom. The van der Waals surface area contributed by atoms with Crippen LogP contribution in [0.1, 0.15) is 5.56 Å². The van der Waals surface area contributed by atoms with Gasteiger partial charge in [-0.2, -0.15) is 0 Å². The van der Waals surface area contributed by atoms with E-state index in [9.17, 15) is 23.7 Å². The SMILES string of the molecule is O=C(O)NCc1cc(Oc2cc(F)ccc2F)ccc1[N+](=O)[O-]. The van der Waals surface area contributed by atoms with Crippen LogP contribution >= 0.6 is 0 Å². The summed E-state index contributed by atoms with van der Waals surface area (Å²) in [5.41, 5.74) is -0.308. The molecule has 0 fully saturated rings. The van der Waals surface area contributed by atoms with Gasteiger partial charge >= 0.3 is 6.09 Å². The number of nitro groups is 1. The first-order valence-electron chi connectivity index (χ1n) is 6.24. The molecule has 0 radical (unpaired) electrons. The Balaban J connectivity index is 2.32. The van der Waals surface area contributed by atoms with Gasteiger partial charge in [-0.25, -0.2) is 13.6 Å². The van der Waals surface area contributed by atoms with E-state index in [2.05, 4.69) is 0 Å². The minimum Gasteiger partial charge on any atom is -0.465 e. The molecule has 1 amide bonds. The first-order valence-corrected chi connectivity index (χ1v) is 6.24. The molecule has 2 aromatic rings. The third kappa shape index (κ3) is 4.13. The molecule has 0 aliphatic heterocycles. The molecule has 0 bridgehead atoms. The second-order valence-corrected chi connectivity index (χ2v) is 4.38.